The van der Waals surface area contributed by atoms with E-state index in [1.54, 1.807) is 22.0 Å². The Morgan fingerprint density at radius 1 is 1.13 bits per heavy atom. The van der Waals surface area contributed by atoms with Crippen molar-refractivity contribution < 1.29 is 9.53 Å². The van der Waals surface area contributed by atoms with Crippen LogP contribution in [0.15, 0.2) is 25.3 Å². The fraction of sp³-hybridized carbons (Fsp3) is 0.545. The molecule has 1 heterocycles. The number of carbonyl (C=O) groups is 1. The fourth-order valence-corrected chi connectivity index (χ4v) is 1.39. The second-order valence-electron chi connectivity index (χ2n) is 3.43. The minimum absolute atomic E-state index is 0.0463. The van der Waals surface area contributed by atoms with Gasteiger partial charge in [-0.05, 0) is 12.8 Å². The van der Waals surface area contributed by atoms with Crippen molar-refractivity contribution in [2.75, 3.05) is 26.6 Å². The maximum atomic E-state index is 11.8. The van der Waals surface area contributed by atoms with Crippen LogP contribution in [0.1, 0.15) is 12.8 Å². The van der Waals surface area contributed by atoms with E-state index in [1.165, 1.54) is 0 Å². The van der Waals surface area contributed by atoms with E-state index >= 15 is 0 Å². The summed E-state index contributed by atoms with van der Waals surface area (Å²) in [5, 5.41) is 0. The van der Waals surface area contributed by atoms with Crippen LogP contribution in [0, 0.1) is 0 Å². The summed E-state index contributed by atoms with van der Waals surface area (Å²) in [5.41, 5.74) is 0. The monoisotopic (exact) mass is 210 g/mol. The van der Waals surface area contributed by atoms with Gasteiger partial charge in [0, 0.05) is 13.1 Å². The van der Waals surface area contributed by atoms with Crippen molar-refractivity contribution in [3.63, 3.8) is 0 Å². The van der Waals surface area contributed by atoms with E-state index in [0.29, 0.717) is 26.6 Å². The molecule has 84 valence electrons. The van der Waals surface area contributed by atoms with Crippen LogP contribution in [0.4, 0.5) is 4.79 Å². The average molecular weight is 210 g/mol. The summed E-state index contributed by atoms with van der Waals surface area (Å²) in [6, 6.07) is 0.0463. The summed E-state index contributed by atoms with van der Waals surface area (Å²) in [5.74, 6) is 0. The van der Waals surface area contributed by atoms with Gasteiger partial charge in [-0.3, -0.25) is 0 Å². The van der Waals surface area contributed by atoms with E-state index in [1.807, 2.05) is 0 Å². The van der Waals surface area contributed by atoms with Crippen LogP contribution in [-0.2, 0) is 4.74 Å². The van der Waals surface area contributed by atoms with Crippen molar-refractivity contribution in [2.45, 2.75) is 12.8 Å². The third kappa shape index (κ3) is 3.40. The number of hydrogen-bond donors (Lipinski definition) is 0. The average Bonchev–Trinajstić information content (AvgIpc) is 2.26. The molecule has 4 heteroatoms. The lowest BCUT2D eigenvalue weighted by Crippen LogP contribution is -2.50. The summed E-state index contributed by atoms with van der Waals surface area (Å²) in [7, 11) is 0. The zero-order valence-corrected chi connectivity index (χ0v) is 9.02. The molecule has 0 aromatic rings. The fourth-order valence-electron chi connectivity index (χ4n) is 1.39. The normalized spacial score (nSPS) is 16.7. The summed E-state index contributed by atoms with van der Waals surface area (Å²) < 4.78 is 5.32. The first kappa shape index (κ1) is 11.8. The molecule has 0 unspecified atom stereocenters. The number of nitrogens with zero attached hydrogens (tertiary/aromatic N) is 2. The molecule has 0 saturated carbocycles. The topological polar surface area (TPSA) is 32.8 Å². The Bertz CT molecular complexity index is 219. The second kappa shape index (κ2) is 6.24. The molecule has 0 aromatic heterocycles. The molecule has 0 radical (unpaired) electrons. The smallest absolute Gasteiger partial charge is 0.323 e. The van der Waals surface area contributed by atoms with Gasteiger partial charge >= 0.3 is 6.03 Å². The largest absolute Gasteiger partial charge is 0.341 e. The van der Waals surface area contributed by atoms with Gasteiger partial charge in [-0.25, -0.2) is 4.79 Å². The van der Waals surface area contributed by atoms with Crippen molar-refractivity contribution in [1.82, 2.24) is 9.80 Å². The third-order valence-electron chi connectivity index (χ3n) is 2.24. The van der Waals surface area contributed by atoms with E-state index in [-0.39, 0.29) is 6.03 Å². The first-order valence-corrected chi connectivity index (χ1v) is 5.13. The molecule has 0 N–H and O–H groups in total. The Kier molecular flexibility index (Phi) is 4.90. The number of carbonyl (C=O) groups excluding carboxylic acids is 1. The van der Waals surface area contributed by atoms with Gasteiger partial charge in [-0.15, -0.1) is 13.2 Å². The third-order valence-corrected chi connectivity index (χ3v) is 2.24. The molecule has 1 fully saturated rings. The lowest BCUT2D eigenvalue weighted by atomic mass is 10.3. The van der Waals surface area contributed by atoms with Gasteiger partial charge < -0.3 is 14.5 Å². The summed E-state index contributed by atoms with van der Waals surface area (Å²) in [6.07, 6.45) is 5.20. The minimum Gasteiger partial charge on any atom is -0.341 e. The van der Waals surface area contributed by atoms with Gasteiger partial charge in [0.25, 0.3) is 0 Å². The number of hydrogen-bond acceptors (Lipinski definition) is 2. The highest BCUT2D eigenvalue weighted by molar-refractivity contribution is 5.74. The Morgan fingerprint density at radius 3 is 2.00 bits per heavy atom. The van der Waals surface area contributed by atoms with E-state index < -0.39 is 0 Å². The zero-order valence-electron chi connectivity index (χ0n) is 9.02. The van der Waals surface area contributed by atoms with Crippen LogP contribution < -0.4 is 0 Å². The maximum Gasteiger partial charge on any atom is 0.323 e. The molecule has 1 saturated heterocycles. The Hall–Kier alpha value is -1.29. The number of urea groups is 1. The van der Waals surface area contributed by atoms with Gasteiger partial charge in [0.05, 0.1) is 0 Å². The lowest BCUT2D eigenvalue weighted by Gasteiger charge is -2.35. The Balaban J connectivity index is 2.42. The first-order valence-electron chi connectivity index (χ1n) is 5.13. The molecule has 1 aliphatic heterocycles. The van der Waals surface area contributed by atoms with E-state index in [2.05, 4.69) is 13.2 Å². The minimum atomic E-state index is 0.0463. The van der Waals surface area contributed by atoms with Crippen LogP contribution in [0.25, 0.3) is 0 Å². The standard InChI is InChI=1S/C11H18N2O2/c1-3-5-7-12-9-15-10-13(11(12)14)8-6-4-2/h3-4H,1-2,5-10H2. The zero-order chi connectivity index (χ0) is 11.1. The van der Waals surface area contributed by atoms with Crippen LogP contribution in [-0.4, -0.2) is 42.4 Å². The van der Waals surface area contributed by atoms with Gasteiger partial charge in [0.1, 0.15) is 13.5 Å². The van der Waals surface area contributed by atoms with Crippen molar-refractivity contribution in [1.29, 1.82) is 0 Å². The number of amides is 2. The van der Waals surface area contributed by atoms with Crippen molar-refractivity contribution in [3.05, 3.63) is 25.3 Å². The summed E-state index contributed by atoms with van der Waals surface area (Å²) in [4.78, 5) is 15.2. The predicted molar refractivity (Wildman–Crippen MR) is 59.3 cm³/mol. The van der Waals surface area contributed by atoms with Gasteiger partial charge in [0.2, 0.25) is 0 Å². The van der Waals surface area contributed by atoms with Crippen molar-refractivity contribution in [3.8, 4) is 0 Å². The highest BCUT2D eigenvalue weighted by Crippen LogP contribution is 2.08. The highest BCUT2D eigenvalue weighted by atomic mass is 16.5. The van der Waals surface area contributed by atoms with E-state index in [9.17, 15) is 4.79 Å². The van der Waals surface area contributed by atoms with Crippen molar-refractivity contribution >= 4 is 6.03 Å². The molecule has 0 aromatic carbocycles. The highest BCUT2D eigenvalue weighted by Gasteiger charge is 2.24. The molecule has 15 heavy (non-hydrogen) atoms. The quantitative estimate of drug-likeness (QED) is 0.626. The van der Waals surface area contributed by atoms with Gasteiger partial charge in [0.15, 0.2) is 0 Å². The molecule has 1 rings (SSSR count). The van der Waals surface area contributed by atoms with Crippen molar-refractivity contribution in [2.24, 2.45) is 0 Å². The molecule has 0 aliphatic carbocycles. The predicted octanol–water partition coefficient (Wildman–Crippen LogP) is 1.81. The molecular weight excluding hydrogens is 192 g/mol. The molecule has 1 aliphatic rings. The molecule has 4 nitrogen and oxygen atoms in total. The molecule has 2 amide bonds. The second-order valence-corrected chi connectivity index (χ2v) is 3.43. The van der Waals surface area contributed by atoms with Gasteiger partial charge in [-0.1, -0.05) is 12.2 Å². The van der Waals surface area contributed by atoms with E-state index in [4.69, 9.17) is 4.74 Å². The van der Waals surface area contributed by atoms with Crippen LogP contribution in [0.5, 0.6) is 0 Å². The Morgan fingerprint density at radius 2 is 1.60 bits per heavy atom. The Labute approximate surface area is 90.8 Å². The summed E-state index contributed by atoms with van der Waals surface area (Å²) in [6.45, 7) is 9.39. The first-order chi connectivity index (χ1) is 7.29. The molecule has 0 atom stereocenters. The molecular formula is C11H18N2O2. The van der Waals surface area contributed by atoms with Crippen LogP contribution in [0.2, 0.25) is 0 Å². The number of rotatable bonds is 6. The summed E-state index contributed by atoms with van der Waals surface area (Å²) >= 11 is 0. The van der Waals surface area contributed by atoms with Gasteiger partial charge in [-0.2, -0.15) is 0 Å². The maximum absolute atomic E-state index is 11.8. The molecule has 0 bridgehead atoms. The number of ether oxygens (including phenoxy) is 1. The van der Waals surface area contributed by atoms with Crippen LogP contribution in [0.3, 0.4) is 0 Å². The lowest BCUT2D eigenvalue weighted by molar-refractivity contribution is -0.0503. The van der Waals surface area contributed by atoms with Crippen LogP contribution >= 0.6 is 0 Å². The van der Waals surface area contributed by atoms with E-state index in [0.717, 1.165) is 12.8 Å². The SMILES string of the molecule is C=CCCN1COCN(CCC=C)C1=O. The molecule has 0 spiro atoms.